The second-order valence-corrected chi connectivity index (χ2v) is 6.43. The highest BCUT2D eigenvalue weighted by molar-refractivity contribution is 7.89. The number of H-pyrrole nitrogens is 1. The number of hydrogen-bond donors (Lipinski definition) is 3. The molecule has 0 saturated carbocycles. The summed E-state index contributed by atoms with van der Waals surface area (Å²) in [6.07, 6.45) is 1.13. The van der Waals surface area contributed by atoms with Crippen molar-refractivity contribution in [2.75, 3.05) is 13.1 Å². The van der Waals surface area contributed by atoms with E-state index in [0.29, 0.717) is 12.2 Å². The van der Waals surface area contributed by atoms with Gasteiger partial charge in [-0.2, -0.15) is 4.31 Å². The molecule has 10 heteroatoms. The monoisotopic (exact) mass is 316 g/mol. The Bertz CT molecular complexity index is 653. The van der Waals surface area contributed by atoms with Gasteiger partial charge >= 0.3 is 5.97 Å². The SMILES string of the molecule is CCc1ncc(S(=O)(=O)N2CCNC(=O)C2CC(=O)O)[nH]1. The summed E-state index contributed by atoms with van der Waals surface area (Å²) in [5.41, 5.74) is 0. The van der Waals surface area contributed by atoms with E-state index in [2.05, 4.69) is 15.3 Å². The lowest BCUT2D eigenvalue weighted by atomic mass is 10.1. The number of nitrogens with zero attached hydrogens (tertiary/aromatic N) is 2. The molecule has 1 aliphatic rings. The lowest BCUT2D eigenvalue weighted by Crippen LogP contribution is -2.57. The molecule has 0 bridgehead atoms. The minimum atomic E-state index is -3.99. The predicted molar refractivity (Wildman–Crippen MR) is 70.9 cm³/mol. The molecule has 0 spiro atoms. The second-order valence-electron chi connectivity index (χ2n) is 4.57. The summed E-state index contributed by atoms with van der Waals surface area (Å²) >= 11 is 0. The van der Waals surface area contributed by atoms with Crippen LogP contribution < -0.4 is 5.32 Å². The van der Waals surface area contributed by atoms with Crippen LogP contribution in [0.3, 0.4) is 0 Å². The van der Waals surface area contributed by atoms with Crippen molar-refractivity contribution in [2.45, 2.75) is 30.8 Å². The Balaban J connectivity index is 2.35. The first kappa shape index (κ1) is 15.4. The van der Waals surface area contributed by atoms with E-state index >= 15 is 0 Å². The Morgan fingerprint density at radius 1 is 1.57 bits per heavy atom. The molecule has 1 unspecified atom stereocenters. The average molecular weight is 316 g/mol. The van der Waals surface area contributed by atoms with Crippen LogP contribution in [0.5, 0.6) is 0 Å². The van der Waals surface area contributed by atoms with E-state index in [0.717, 1.165) is 4.31 Å². The van der Waals surface area contributed by atoms with E-state index in [1.165, 1.54) is 6.20 Å². The molecule has 3 N–H and O–H groups in total. The van der Waals surface area contributed by atoms with Gasteiger partial charge in [0.05, 0.1) is 12.6 Å². The van der Waals surface area contributed by atoms with Crippen LogP contribution in [0.25, 0.3) is 0 Å². The Kier molecular flexibility index (Phi) is 4.28. The fraction of sp³-hybridized carbons (Fsp3) is 0.545. The molecular weight excluding hydrogens is 300 g/mol. The van der Waals surface area contributed by atoms with Crippen LogP contribution in [0.1, 0.15) is 19.2 Å². The maximum absolute atomic E-state index is 12.5. The highest BCUT2D eigenvalue weighted by Crippen LogP contribution is 2.20. The highest BCUT2D eigenvalue weighted by atomic mass is 32.2. The van der Waals surface area contributed by atoms with Gasteiger partial charge in [0, 0.05) is 19.5 Å². The van der Waals surface area contributed by atoms with E-state index in [1.807, 2.05) is 6.92 Å². The van der Waals surface area contributed by atoms with E-state index in [9.17, 15) is 18.0 Å². The minimum absolute atomic E-state index is 0.0203. The maximum atomic E-state index is 12.5. The smallest absolute Gasteiger partial charge is 0.305 e. The Hall–Kier alpha value is -1.94. The van der Waals surface area contributed by atoms with Crippen molar-refractivity contribution < 1.29 is 23.1 Å². The molecule has 1 amide bonds. The second kappa shape index (κ2) is 5.82. The molecule has 116 valence electrons. The molecule has 1 aromatic heterocycles. The van der Waals surface area contributed by atoms with E-state index in [4.69, 9.17) is 5.11 Å². The molecule has 2 rings (SSSR count). The third kappa shape index (κ3) is 3.05. The van der Waals surface area contributed by atoms with Crippen molar-refractivity contribution in [1.82, 2.24) is 19.6 Å². The van der Waals surface area contributed by atoms with E-state index in [-0.39, 0.29) is 18.1 Å². The zero-order valence-corrected chi connectivity index (χ0v) is 12.2. The largest absolute Gasteiger partial charge is 0.481 e. The molecular formula is C11H16N4O5S. The van der Waals surface area contributed by atoms with Gasteiger partial charge in [0.2, 0.25) is 5.91 Å². The zero-order valence-electron chi connectivity index (χ0n) is 11.4. The van der Waals surface area contributed by atoms with Crippen molar-refractivity contribution in [2.24, 2.45) is 0 Å². The van der Waals surface area contributed by atoms with E-state index in [1.54, 1.807) is 0 Å². The number of aromatic nitrogens is 2. The number of rotatable bonds is 5. The fourth-order valence-corrected chi connectivity index (χ4v) is 3.64. The third-order valence-corrected chi connectivity index (χ3v) is 4.99. The first-order valence-corrected chi connectivity index (χ1v) is 7.85. The molecule has 9 nitrogen and oxygen atoms in total. The average Bonchev–Trinajstić information content (AvgIpc) is 2.90. The Labute approximate surface area is 121 Å². The van der Waals surface area contributed by atoms with Gasteiger partial charge in [-0.3, -0.25) is 9.59 Å². The van der Waals surface area contributed by atoms with E-state index < -0.39 is 34.4 Å². The number of aryl methyl sites for hydroxylation is 1. The molecule has 1 fully saturated rings. The number of carboxylic acids is 1. The van der Waals surface area contributed by atoms with Gasteiger partial charge < -0.3 is 15.4 Å². The summed E-state index contributed by atoms with van der Waals surface area (Å²) in [6, 6.07) is -1.25. The third-order valence-electron chi connectivity index (χ3n) is 3.18. The topological polar surface area (TPSA) is 132 Å². The number of nitrogens with one attached hydrogen (secondary N) is 2. The summed E-state index contributed by atoms with van der Waals surface area (Å²) in [5.74, 6) is -1.34. The van der Waals surface area contributed by atoms with Crippen LogP contribution in [-0.4, -0.2) is 58.8 Å². The lowest BCUT2D eigenvalue weighted by molar-refractivity contribution is -0.141. The van der Waals surface area contributed by atoms with Crippen molar-refractivity contribution in [3.05, 3.63) is 12.0 Å². The number of amides is 1. The first-order chi connectivity index (χ1) is 9.86. The summed E-state index contributed by atoms with van der Waals surface area (Å²) < 4.78 is 26.0. The number of imidazole rings is 1. The molecule has 1 aliphatic heterocycles. The fourth-order valence-electron chi connectivity index (χ4n) is 2.12. The standard InChI is InChI=1S/C11H16N4O5S/c1-2-8-13-6-9(14-8)21(19,20)15-4-3-12-11(18)7(15)5-10(16)17/h6-7H,2-5H2,1H3,(H,12,18)(H,13,14)(H,16,17). The Morgan fingerprint density at radius 3 is 2.86 bits per heavy atom. The lowest BCUT2D eigenvalue weighted by Gasteiger charge is -2.32. The predicted octanol–water partition coefficient (Wildman–Crippen LogP) is -1.06. The quantitative estimate of drug-likeness (QED) is 0.634. The number of hydrogen-bond acceptors (Lipinski definition) is 5. The molecule has 0 aromatic carbocycles. The molecule has 0 aliphatic carbocycles. The van der Waals surface area contributed by atoms with Crippen LogP contribution in [0.4, 0.5) is 0 Å². The number of piperazine rings is 1. The van der Waals surface area contributed by atoms with Crippen LogP contribution in [0, 0.1) is 0 Å². The summed E-state index contributed by atoms with van der Waals surface area (Å²) in [6.45, 7) is 1.98. The zero-order chi connectivity index (χ0) is 15.6. The van der Waals surface area contributed by atoms with Crippen LogP contribution in [0.15, 0.2) is 11.2 Å². The van der Waals surface area contributed by atoms with Gasteiger partial charge in [0.15, 0.2) is 5.03 Å². The molecule has 1 atom stereocenters. The molecule has 2 heterocycles. The first-order valence-electron chi connectivity index (χ1n) is 6.41. The van der Waals surface area contributed by atoms with Crippen LogP contribution in [0.2, 0.25) is 0 Å². The number of aromatic amines is 1. The van der Waals surface area contributed by atoms with Gasteiger partial charge in [-0.1, -0.05) is 6.92 Å². The van der Waals surface area contributed by atoms with Crippen LogP contribution >= 0.6 is 0 Å². The number of carboxylic acid groups (broad SMARTS) is 1. The summed E-state index contributed by atoms with van der Waals surface area (Å²) in [5, 5.41) is 11.2. The number of carbonyl (C=O) groups is 2. The molecule has 1 aromatic rings. The van der Waals surface area contributed by atoms with Gasteiger partial charge in [-0.25, -0.2) is 13.4 Å². The minimum Gasteiger partial charge on any atom is -0.481 e. The number of sulfonamides is 1. The van der Waals surface area contributed by atoms with Crippen molar-refractivity contribution in [3.8, 4) is 0 Å². The molecule has 1 saturated heterocycles. The van der Waals surface area contributed by atoms with Gasteiger partial charge in [0.1, 0.15) is 11.9 Å². The summed E-state index contributed by atoms with van der Waals surface area (Å²) in [4.78, 5) is 29.2. The molecule has 0 radical (unpaired) electrons. The number of carbonyl (C=O) groups excluding carboxylic acids is 1. The van der Waals surface area contributed by atoms with Crippen molar-refractivity contribution >= 4 is 21.9 Å². The van der Waals surface area contributed by atoms with Gasteiger partial charge in [-0.05, 0) is 0 Å². The molecule has 21 heavy (non-hydrogen) atoms. The normalized spacial score (nSPS) is 20.2. The number of aliphatic carboxylic acids is 1. The maximum Gasteiger partial charge on any atom is 0.305 e. The van der Waals surface area contributed by atoms with Crippen molar-refractivity contribution in [1.29, 1.82) is 0 Å². The van der Waals surface area contributed by atoms with Gasteiger partial charge in [-0.15, -0.1) is 0 Å². The summed E-state index contributed by atoms with van der Waals surface area (Å²) in [7, 11) is -3.99. The van der Waals surface area contributed by atoms with Gasteiger partial charge in [0.25, 0.3) is 10.0 Å². The Morgan fingerprint density at radius 2 is 2.29 bits per heavy atom. The van der Waals surface area contributed by atoms with Crippen molar-refractivity contribution in [3.63, 3.8) is 0 Å². The highest BCUT2D eigenvalue weighted by Gasteiger charge is 2.40. The van der Waals surface area contributed by atoms with Crippen LogP contribution in [-0.2, 0) is 26.0 Å².